The first kappa shape index (κ1) is 9.41. The summed E-state index contributed by atoms with van der Waals surface area (Å²) in [6, 6.07) is -0.695. The number of hydrogen-bond acceptors (Lipinski definition) is 4. The minimum Gasteiger partial charge on any atom is -0.530 e. The molecule has 13 heavy (non-hydrogen) atoms. The highest BCUT2D eigenvalue weighted by Gasteiger charge is 2.31. The standard InChI is InChI=1S/C7H9N3O3/c8-9-4-6(11)5-2-1-3-10(5)7(12)13/h4-5,8H,1-3H2. The zero-order chi connectivity index (χ0) is 9.84. The van der Waals surface area contributed by atoms with Crippen LogP contribution in [-0.4, -0.2) is 40.4 Å². The van der Waals surface area contributed by atoms with Gasteiger partial charge in [-0.3, -0.25) is 4.79 Å². The molecule has 1 rings (SSSR count). The molecule has 1 fully saturated rings. The molecular formula is C7H9N3O3. The van der Waals surface area contributed by atoms with Crippen molar-refractivity contribution in [2.24, 2.45) is 0 Å². The largest absolute Gasteiger partial charge is 0.530 e. The minimum absolute atomic E-state index is 0.324. The summed E-state index contributed by atoms with van der Waals surface area (Å²) in [5.41, 5.74) is 6.44. The maximum Gasteiger partial charge on any atom is 0.374 e. The molecule has 6 heteroatoms. The number of Topliss-reactive ketones (excluding diaryl/α,β-unsaturated/α-hetero) is 1. The number of carbonyl (C=O) groups excluding carboxylic acids is 2. The van der Waals surface area contributed by atoms with Crippen LogP contribution in [0.1, 0.15) is 12.8 Å². The van der Waals surface area contributed by atoms with Crippen LogP contribution in [0.5, 0.6) is 0 Å². The SMILES string of the molecule is N=[N+]=CC(=O)C1CCCN1C(=O)[O-]. The van der Waals surface area contributed by atoms with E-state index in [4.69, 9.17) is 5.53 Å². The van der Waals surface area contributed by atoms with E-state index < -0.39 is 17.9 Å². The Bertz CT molecular complexity index is 283. The van der Waals surface area contributed by atoms with Crippen LogP contribution >= 0.6 is 0 Å². The van der Waals surface area contributed by atoms with Gasteiger partial charge in [0.25, 0.3) is 5.78 Å². The van der Waals surface area contributed by atoms with Crippen LogP contribution in [0.4, 0.5) is 4.79 Å². The molecule has 0 aromatic heterocycles. The smallest absolute Gasteiger partial charge is 0.374 e. The van der Waals surface area contributed by atoms with Crippen LogP contribution < -0.4 is 5.11 Å². The highest BCUT2D eigenvalue weighted by atomic mass is 16.4. The molecule has 1 unspecified atom stereocenters. The summed E-state index contributed by atoms with van der Waals surface area (Å²) < 4.78 is 0. The molecule has 0 radical (unpaired) electrons. The van der Waals surface area contributed by atoms with Gasteiger partial charge >= 0.3 is 6.21 Å². The Kier molecular flexibility index (Phi) is 2.76. The van der Waals surface area contributed by atoms with Gasteiger partial charge in [0.1, 0.15) is 12.1 Å². The van der Waals surface area contributed by atoms with Crippen molar-refractivity contribution in [1.82, 2.24) is 4.90 Å². The van der Waals surface area contributed by atoms with Gasteiger partial charge < -0.3 is 14.8 Å². The van der Waals surface area contributed by atoms with Crippen molar-refractivity contribution in [1.29, 1.82) is 5.53 Å². The highest BCUT2D eigenvalue weighted by Crippen LogP contribution is 2.16. The molecule has 1 aliphatic heterocycles. The van der Waals surface area contributed by atoms with Crippen molar-refractivity contribution in [2.45, 2.75) is 18.9 Å². The minimum atomic E-state index is -1.34. The first-order valence-corrected chi connectivity index (χ1v) is 3.88. The fourth-order valence-corrected chi connectivity index (χ4v) is 1.43. The number of carbonyl (C=O) groups is 2. The quantitative estimate of drug-likeness (QED) is 0.326. The predicted octanol–water partition coefficient (Wildman–Crippen LogP) is -1.33. The number of likely N-dealkylation sites (tertiary alicyclic amines) is 1. The molecule has 0 bridgehead atoms. The Morgan fingerprint density at radius 3 is 2.85 bits per heavy atom. The van der Waals surface area contributed by atoms with Crippen molar-refractivity contribution in [3.8, 4) is 0 Å². The summed E-state index contributed by atoms with van der Waals surface area (Å²) in [5, 5.41) is 10.5. The van der Waals surface area contributed by atoms with Gasteiger partial charge in [0.2, 0.25) is 0 Å². The van der Waals surface area contributed by atoms with Gasteiger partial charge in [-0.05, 0) is 12.8 Å². The van der Waals surface area contributed by atoms with Crippen LogP contribution in [0.3, 0.4) is 0 Å². The molecule has 0 aliphatic carbocycles. The van der Waals surface area contributed by atoms with Crippen LogP contribution in [0, 0.1) is 5.53 Å². The summed E-state index contributed by atoms with van der Waals surface area (Å²) >= 11 is 0. The Balaban J connectivity index is 2.73. The molecule has 1 aliphatic rings. The van der Waals surface area contributed by atoms with Crippen molar-refractivity contribution < 1.29 is 19.5 Å². The summed E-state index contributed by atoms with van der Waals surface area (Å²) in [7, 11) is 0. The van der Waals surface area contributed by atoms with Crippen LogP contribution in [0.15, 0.2) is 0 Å². The maximum atomic E-state index is 11.2. The van der Waals surface area contributed by atoms with E-state index >= 15 is 0 Å². The molecule has 1 atom stereocenters. The first-order valence-electron chi connectivity index (χ1n) is 3.88. The average Bonchev–Trinajstić information content (AvgIpc) is 2.52. The Hall–Kier alpha value is -1.68. The first-order chi connectivity index (χ1) is 6.16. The second kappa shape index (κ2) is 3.82. The lowest BCUT2D eigenvalue weighted by Gasteiger charge is -2.23. The molecule has 0 saturated carbocycles. The average molecular weight is 183 g/mol. The third-order valence-electron chi connectivity index (χ3n) is 2.01. The van der Waals surface area contributed by atoms with E-state index in [1.54, 1.807) is 0 Å². The van der Waals surface area contributed by atoms with Crippen molar-refractivity contribution >= 4 is 18.1 Å². The third kappa shape index (κ3) is 1.91. The molecule has 70 valence electrons. The Labute approximate surface area is 74.4 Å². The van der Waals surface area contributed by atoms with E-state index in [1.165, 1.54) is 0 Å². The molecule has 1 amide bonds. The fourth-order valence-electron chi connectivity index (χ4n) is 1.43. The van der Waals surface area contributed by atoms with Gasteiger partial charge in [-0.25, -0.2) is 0 Å². The zero-order valence-corrected chi connectivity index (χ0v) is 6.90. The number of rotatable bonds is 2. The van der Waals surface area contributed by atoms with Crippen LogP contribution in [-0.2, 0) is 4.79 Å². The third-order valence-corrected chi connectivity index (χ3v) is 2.01. The van der Waals surface area contributed by atoms with Gasteiger partial charge in [0.05, 0.1) is 10.3 Å². The Morgan fingerprint density at radius 2 is 2.31 bits per heavy atom. The van der Waals surface area contributed by atoms with Crippen molar-refractivity contribution in [2.75, 3.05) is 6.54 Å². The lowest BCUT2D eigenvalue weighted by Crippen LogP contribution is -2.47. The van der Waals surface area contributed by atoms with Gasteiger partial charge in [-0.1, -0.05) is 0 Å². The molecule has 1 heterocycles. The van der Waals surface area contributed by atoms with E-state index in [0.29, 0.717) is 19.4 Å². The second-order valence-electron chi connectivity index (χ2n) is 2.78. The number of nitrogens with zero attached hydrogens (tertiary/aromatic N) is 2. The maximum absolute atomic E-state index is 11.2. The second-order valence-corrected chi connectivity index (χ2v) is 2.78. The lowest BCUT2D eigenvalue weighted by atomic mass is 10.1. The number of carboxylic acid groups (broad SMARTS) is 1. The van der Waals surface area contributed by atoms with Gasteiger partial charge in [-0.15, -0.1) is 0 Å². The summed E-state index contributed by atoms with van der Waals surface area (Å²) in [6.07, 6.45) is 0.621. The highest BCUT2D eigenvalue weighted by molar-refractivity contribution is 6.28. The van der Waals surface area contributed by atoms with E-state index in [2.05, 4.69) is 4.79 Å². The topological polar surface area (TPSA) is 98.4 Å². The molecular weight excluding hydrogens is 174 g/mol. The van der Waals surface area contributed by atoms with Crippen LogP contribution in [0.25, 0.3) is 0 Å². The molecule has 1 saturated heterocycles. The number of ketones is 1. The van der Waals surface area contributed by atoms with E-state index in [0.717, 1.165) is 11.1 Å². The van der Waals surface area contributed by atoms with E-state index in [1.807, 2.05) is 0 Å². The molecule has 0 spiro atoms. The monoisotopic (exact) mass is 183 g/mol. The molecule has 0 aromatic rings. The zero-order valence-electron chi connectivity index (χ0n) is 6.90. The number of amides is 1. The normalized spacial score (nSPS) is 20.9. The molecule has 6 nitrogen and oxygen atoms in total. The summed E-state index contributed by atoms with van der Waals surface area (Å²) in [5.74, 6) is -0.447. The van der Waals surface area contributed by atoms with Crippen LogP contribution in [0.2, 0.25) is 0 Å². The number of nitrogens with one attached hydrogen (secondary N) is 1. The summed E-state index contributed by atoms with van der Waals surface area (Å²) in [4.78, 5) is 25.4. The Morgan fingerprint density at radius 1 is 1.62 bits per heavy atom. The molecule has 1 N–H and O–H groups in total. The summed E-state index contributed by atoms with van der Waals surface area (Å²) in [6.45, 7) is 0.324. The fraction of sp³-hybridized carbons (Fsp3) is 0.571. The van der Waals surface area contributed by atoms with Gasteiger partial charge in [0.15, 0.2) is 0 Å². The van der Waals surface area contributed by atoms with E-state index in [-0.39, 0.29) is 0 Å². The predicted molar refractivity (Wildman–Crippen MR) is 39.2 cm³/mol. The van der Waals surface area contributed by atoms with Crippen molar-refractivity contribution in [3.05, 3.63) is 0 Å². The molecule has 0 aromatic carbocycles. The van der Waals surface area contributed by atoms with Gasteiger partial charge in [-0.2, -0.15) is 0 Å². The number of hydrogen-bond donors (Lipinski definition) is 1. The van der Waals surface area contributed by atoms with Crippen molar-refractivity contribution in [3.63, 3.8) is 0 Å². The van der Waals surface area contributed by atoms with E-state index in [9.17, 15) is 14.7 Å². The van der Waals surface area contributed by atoms with Gasteiger partial charge in [0, 0.05) is 6.54 Å². The lowest BCUT2D eigenvalue weighted by molar-refractivity contribution is -0.266.